The SMILES string of the molecule is O=C(NC(CC1CCCCCC1)C(=O)O)OCC1c2ccccc2-c2ccccc21. The van der Waals surface area contributed by atoms with Gasteiger partial charge in [0, 0.05) is 5.92 Å². The lowest BCUT2D eigenvalue weighted by Crippen LogP contribution is -2.42. The van der Waals surface area contributed by atoms with Crippen molar-refractivity contribution in [2.24, 2.45) is 5.92 Å². The van der Waals surface area contributed by atoms with E-state index in [0.717, 1.165) is 36.8 Å². The third-order valence-electron chi connectivity index (χ3n) is 6.48. The third-order valence-corrected chi connectivity index (χ3v) is 6.48. The number of fused-ring (bicyclic) bond motifs is 3. The summed E-state index contributed by atoms with van der Waals surface area (Å²) in [6.45, 7) is 0.190. The molecule has 4 rings (SSSR count). The van der Waals surface area contributed by atoms with Crippen molar-refractivity contribution in [3.63, 3.8) is 0 Å². The van der Waals surface area contributed by atoms with Gasteiger partial charge in [-0.05, 0) is 34.6 Å². The number of hydrogen-bond acceptors (Lipinski definition) is 3. The fourth-order valence-electron chi connectivity index (χ4n) is 4.94. The summed E-state index contributed by atoms with van der Waals surface area (Å²) < 4.78 is 5.52. The topological polar surface area (TPSA) is 75.6 Å². The molecule has 2 N–H and O–H groups in total. The van der Waals surface area contributed by atoms with Gasteiger partial charge in [0.15, 0.2) is 0 Å². The van der Waals surface area contributed by atoms with Crippen LogP contribution in [-0.2, 0) is 9.53 Å². The molecule has 1 atom stereocenters. The Labute approximate surface area is 177 Å². The first-order valence-corrected chi connectivity index (χ1v) is 11.0. The summed E-state index contributed by atoms with van der Waals surface area (Å²) in [5.41, 5.74) is 4.61. The lowest BCUT2D eigenvalue weighted by atomic mass is 9.92. The summed E-state index contributed by atoms with van der Waals surface area (Å²) >= 11 is 0. The van der Waals surface area contributed by atoms with Crippen molar-refractivity contribution in [2.75, 3.05) is 6.61 Å². The van der Waals surface area contributed by atoms with Crippen molar-refractivity contribution in [1.29, 1.82) is 0 Å². The van der Waals surface area contributed by atoms with E-state index >= 15 is 0 Å². The van der Waals surface area contributed by atoms with Crippen LogP contribution in [0.15, 0.2) is 48.5 Å². The Bertz CT molecular complexity index is 856. The smallest absolute Gasteiger partial charge is 0.407 e. The molecule has 1 unspecified atom stereocenters. The molecule has 2 aliphatic carbocycles. The molecule has 0 heterocycles. The lowest BCUT2D eigenvalue weighted by molar-refractivity contribution is -0.139. The number of aliphatic carboxylic acids is 1. The number of rotatable bonds is 6. The molecule has 0 spiro atoms. The molecule has 2 aromatic rings. The number of amides is 1. The minimum Gasteiger partial charge on any atom is -0.480 e. The number of alkyl carbamates (subject to hydrolysis) is 1. The number of carboxylic acids is 1. The van der Waals surface area contributed by atoms with Gasteiger partial charge in [-0.1, -0.05) is 87.1 Å². The maximum absolute atomic E-state index is 12.5. The van der Waals surface area contributed by atoms with Crippen LogP contribution in [0.2, 0.25) is 0 Å². The number of carboxylic acid groups (broad SMARTS) is 1. The van der Waals surface area contributed by atoms with Crippen LogP contribution >= 0.6 is 0 Å². The second kappa shape index (κ2) is 9.33. The van der Waals surface area contributed by atoms with Crippen LogP contribution in [0.4, 0.5) is 4.79 Å². The molecule has 0 saturated heterocycles. The summed E-state index contributed by atoms with van der Waals surface area (Å²) in [6.07, 6.45) is 6.61. The molecule has 0 bridgehead atoms. The molecular formula is C25H29NO4. The predicted octanol–water partition coefficient (Wildman–Crippen LogP) is 5.34. The average molecular weight is 408 g/mol. The van der Waals surface area contributed by atoms with Crippen LogP contribution < -0.4 is 5.32 Å². The first-order chi connectivity index (χ1) is 14.6. The summed E-state index contributed by atoms with van der Waals surface area (Å²) in [5, 5.41) is 12.2. The second-order valence-electron chi connectivity index (χ2n) is 8.45. The fourth-order valence-corrected chi connectivity index (χ4v) is 4.94. The van der Waals surface area contributed by atoms with Crippen molar-refractivity contribution in [2.45, 2.75) is 56.9 Å². The quantitative estimate of drug-likeness (QED) is 0.634. The lowest BCUT2D eigenvalue weighted by Gasteiger charge is -2.21. The Balaban J connectivity index is 1.38. The maximum atomic E-state index is 12.5. The van der Waals surface area contributed by atoms with Crippen molar-refractivity contribution in [3.8, 4) is 11.1 Å². The molecule has 2 aromatic carbocycles. The fraction of sp³-hybridized carbons (Fsp3) is 0.440. The molecule has 5 nitrogen and oxygen atoms in total. The highest BCUT2D eigenvalue weighted by molar-refractivity contribution is 5.81. The van der Waals surface area contributed by atoms with Crippen molar-refractivity contribution < 1.29 is 19.4 Å². The Kier molecular flexibility index (Phi) is 6.36. The van der Waals surface area contributed by atoms with E-state index in [1.807, 2.05) is 24.3 Å². The molecule has 2 aliphatic rings. The van der Waals surface area contributed by atoms with E-state index in [4.69, 9.17) is 4.74 Å². The van der Waals surface area contributed by atoms with Gasteiger partial charge in [-0.25, -0.2) is 9.59 Å². The maximum Gasteiger partial charge on any atom is 0.407 e. The van der Waals surface area contributed by atoms with Gasteiger partial charge >= 0.3 is 12.1 Å². The van der Waals surface area contributed by atoms with Crippen LogP contribution in [0.1, 0.15) is 62.0 Å². The molecule has 158 valence electrons. The zero-order chi connectivity index (χ0) is 20.9. The first kappa shape index (κ1) is 20.5. The highest BCUT2D eigenvalue weighted by Gasteiger charge is 2.30. The van der Waals surface area contributed by atoms with Crippen LogP contribution in [0, 0.1) is 5.92 Å². The van der Waals surface area contributed by atoms with Crippen LogP contribution in [-0.4, -0.2) is 29.8 Å². The Morgan fingerprint density at radius 1 is 0.933 bits per heavy atom. The molecule has 30 heavy (non-hydrogen) atoms. The van der Waals surface area contributed by atoms with Gasteiger partial charge in [0.05, 0.1) is 0 Å². The number of carbonyl (C=O) groups excluding carboxylic acids is 1. The summed E-state index contributed by atoms with van der Waals surface area (Å²) in [7, 11) is 0. The van der Waals surface area contributed by atoms with Crippen LogP contribution in [0.5, 0.6) is 0 Å². The van der Waals surface area contributed by atoms with E-state index in [2.05, 4.69) is 29.6 Å². The van der Waals surface area contributed by atoms with E-state index in [1.165, 1.54) is 24.0 Å². The summed E-state index contributed by atoms with van der Waals surface area (Å²) in [5.74, 6) is -0.677. The van der Waals surface area contributed by atoms with Crippen LogP contribution in [0.25, 0.3) is 11.1 Å². The van der Waals surface area contributed by atoms with E-state index in [1.54, 1.807) is 0 Å². The Morgan fingerprint density at radius 3 is 2.07 bits per heavy atom. The second-order valence-corrected chi connectivity index (χ2v) is 8.45. The van der Waals surface area contributed by atoms with Gasteiger partial charge in [-0.3, -0.25) is 0 Å². The van der Waals surface area contributed by atoms with Gasteiger partial charge in [0.1, 0.15) is 12.6 Å². The molecule has 5 heteroatoms. The van der Waals surface area contributed by atoms with Gasteiger partial charge < -0.3 is 15.2 Å². The number of hydrogen-bond donors (Lipinski definition) is 2. The van der Waals surface area contributed by atoms with Crippen molar-refractivity contribution in [3.05, 3.63) is 59.7 Å². The molecule has 1 saturated carbocycles. The van der Waals surface area contributed by atoms with Gasteiger partial charge in [-0.15, -0.1) is 0 Å². The first-order valence-electron chi connectivity index (χ1n) is 11.0. The van der Waals surface area contributed by atoms with Gasteiger partial charge in [0.25, 0.3) is 0 Å². The predicted molar refractivity (Wildman–Crippen MR) is 115 cm³/mol. The minimum absolute atomic E-state index is 0.0340. The van der Waals surface area contributed by atoms with Crippen molar-refractivity contribution >= 4 is 12.1 Å². The molecule has 1 amide bonds. The summed E-state index contributed by atoms with van der Waals surface area (Å²) in [4.78, 5) is 24.2. The number of benzene rings is 2. The molecule has 0 aliphatic heterocycles. The monoisotopic (exact) mass is 407 g/mol. The minimum atomic E-state index is -0.993. The zero-order valence-corrected chi connectivity index (χ0v) is 17.2. The molecular weight excluding hydrogens is 378 g/mol. The van der Waals surface area contributed by atoms with E-state index in [9.17, 15) is 14.7 Å². The largest absolute Gasteiger partial charge is 0.480 e. The van der Waals surface area contributed by atoms with Crippen LogP contribution in [0.3, 0.4) is 0 Å². The van der Waals surface area contributed by atoms with Crippen molar-refractivity contribution in [1.82, 2.24) is 5.32 Å². The number of ether oxygens (including phenoxy) is 1. The molecule has 1 fully saturated rings. The Hall–Kier alpha value is -2.82. The van der Waals surface area contributed by atoms with Gasteiger partial charge in [0.2, 0.25) is 0 Å². The number of carbonyl (C=O) groups is 2. The standard InChI is InChI=1S/C25H29NO4/c27-24(28)23(15-17-9-3-1-2-4-10-17)26-25(29)30-16-22-20-13-7-5-11-18(20)19-12-6-8-14-21(19)22/h5-8,11-14,17,22-23H,1-4,9-10,15-16H2,(H,26,29)(H,27,28). The average Bonchev–Trinajstić information content (AvgIpc) is 2.88. The molecule has 0 radical (unpaired) electrons. The van der Waals surface area contributed by atoms with E-state index in [0.29, 0.717) is 12.3 Å². The normalized spacial score (nSPS) is 17.5. The highest BCUT2D eigenvalue weighted by atomic mass is 16.5. The van der Waals surface area contributed by atoms with Gasteiger partial charge in [-0.2, -0.15) is 0 Å². The third kappa shape index (κ3) is 4.50. The highest BCUT2D eigenvalue weighted by Crippen LogP contribution is 2.44. The van der Waals surface area contributed by atoms with E-state index in [-0.39, 0.29) is 12.5 Å². The number of nitrogens with one attached hydrogen (secondary N) is 1. The Morgan fingerprint density at radius 2 is 1.50 bits per heavy atom. The molecule has 0 aromatic heterocycles. The summed E-state index contributed by atoms with van der Waals surface area (Å²) in [6, 6.07) is 15.4. The van der Waals surface area contributed by atoms with E-state index < -0.39 is 18.1 Å². The zero-order valence-electron chi connectivity index (χ0n) is 17.2.